The van der Waals surface area contributed by atoms with E-state index < -0.39 is 32.3 Å². The van der Waals surface area contributed by atoms with Crippen LogP contribution in [0.3, 0.4) is 0 Å². The molecule has 0 amide bonds. The molecule has 0 aromatic rings. The first-order valence-electron chi connectivity index (χ1n) is 9.73. The molecule has 0 saturated carbocycles. The Bertz CT molecular complexity index is 553. The van der Waals surface area contributed by atoms with Crippen LogP contribution in [0.15, 0.2) is 12.2 Å². The van der Waals surface area contributed by atoms with Crippen molar-refractivity contribution in [2.75, 3.05) is 13.7 Å². The van der Waals surface area contributed by atoms with E-state index in [0.717, 1.165) is 7.11 Å². The van der Waals surface area contributed by atoms with E-state index in [4.69, 9.17) is 13.9 Å². The largest absolute Gasteiger partial charge is 0.467 e. The van der Waals surface area contributed by atoms with Crippen LogP contribution in [0.2, 0.25) is 18.1 Å². The monoisotopic (exact) mass is 418 g/mol. The van der Waals surface area contributed by atoms with E-state index in [-0.39, 0.29) is 23.2 Å². The van der Waals surface area contributed by atoms with Crippen molar-refractivity contribution in [3.8, 4) is 0 Å². The van der Waals surface area contributed by atoms with Crippen molar-refractivity contribution in [3.63, 3.8) is 0 Å². The number of methoxy groups -OCH3 is 1. The van der Waals surface area contributed by atoms with Gasteiger partial charge in [-0.25, -0.2) is 4.79 Å². The van der Waals surface area contributed by atoms with Gasteiger partial charge in [0.25, 0.3) is 0 Å². The summed E-state index contributed by atoms with van der Waals surface area (Å²) >= 11 is 0. The summed E-state index contributed by atoms with van der Waals surface area (Å²) in [4.78, 5) is 11.4. The van der Waals surface area contributed by atoms with Gasteiger partial charge in [-0.3, -0.25) is 0 Å². The second-order valence-corrected chi connectivity index (χ2v) is 14.2. The first-order valence-corrected chi connectivity index (χ1v) is 12.6. The zero-order valence-corrected chi connectivity index (χ0v) is 19.7. The fraction of sp³-hybridized carbons (Fsp3) is 0.850. The molecule has 8 heteroatoms. The normalized spacial score (nSPS) is 24.8. The number of hydrogen-bond acceptors (Lipinski definition) is 7. The topological polar surface area (TPSA) is 94.5 Å². The molecule has 0 spiro atoms. The number of carbonyl (C=O) groups excluding carboxylic acids is 1. The maximum Gasteiger partial charge on any atom is 0.337 e. The summed E-state index contributed by atoms with van der Waals surface area (Å²) in [5.41, 5.74) is 0. The van der Waals surface area contributed by atoms with E-state index in [1.165, 1.54) is 6.08 Å². The Hall–Kier alpha value is -0.773. The molecule has 5 atom stereocenters. The third-order valence-corrected chi connectivity index (χ3v) is 10.0. The zero-order chi connectivity index (χ0) is 21.9. The van der Waals surface area contributed by atoms with Crippen molar-refractivity contribution in [1.82, 2.24) is 0 Å². The van der Waals surface area contributed by atoms with E-state index >= 15 is 0 Å². The summed E-state index contributed by atoms with van der Waals surface area (Å²) in [6.45, 7) is 17.0. The van der Waals surface area contributed by atoms with Crippen LogP contribution in [0.1, 0.15) is 41.5 Å². The molecule has 0 aromatic carbocycles. The van der Waals surface area contributed by atoms with Crippen LogP contribution in [0.5, 0.6) is 0 Å². The first-order chi connectivity index (χ1) is 12.6. The van der Waals surface area contributed by atoms with Gasteiger partial charge in [-0.2, -0.15) is 0 Å². The van der Waals surface area contributed by atoms with Crippen LogP contribution >= 0.6 is 0 Å². The molecule has 164 valence electrons. The Morgan fingerprint density at radius 3 is 2.25 bits per heavy atom. The molecule has 0 aromatic heterocycles. The van der Waals surface area contributed by atoms with Crippen LogP contribution in [-0.4, -0.2) is 68.4 Å². The van der Waals surface area contributed by atoms with Crippen molar-refractivity contribution in [2.45, 2.75) is 89.9 Å². The van der Waals surface area contributed by atoms with E-state index in [0.29, 0.717) is 6.61 Å². The molecule has 1 saturated heterocycles. The molecule has 1 aliphatic heterocycles. The molecule has 0 bridgehead atoms. The van der Waals surface area contributed by atoms with Gasteiger partial charge >= 0.3 is 5.97 Å². The van der Waals surface area contributed by atoms with Gasteiger partial charge in [0.1, 0.15) is 12.2 Å². The summed E-state index contributed by atoms with van der Waals surface area (Å²) in [7, 11) is -0.942. The van der Waals surface area contributed by atoms with E-state index in [2.05, 4.69) is 38.6 Å². The minimum absolute atomic E-state index is 0.0181. The van der Waals surface area contributed by atoms with Gasteiger partial charge in [-0.1, -0.05) is 39.8 Å². The van der Waals surface area contributed by atoms with Gasteiger partial charge in [0.2, 0.25) is 0 Å². The molecule has 7 nitrogen and oxygen atoms in total. The number of esters is 1. The lowest BCUT2D eigenvalue weighted by Crippen LogP contribution is -2.50. The standard InChI is InChI=1S/C20H38O7Si/c1-13(10-11-14(21)16(22)18(23)24-7)17(15-12-25-20(5,6)26-15)27-28(8,9)19(2,3)4/h10-11,13-17,21-22H,12H2,1-9H3/t13-,14+,15-,16-,17-/m1/s1. The number of ether oxygens (including phenoxy) is 3. The highest BCUT2D eigenvalue weighted by Crippen LogP contribution is 2.40. The molecule has 1 fully saturated rings. The fourth-order valence-corrected chi connectivity index (χ4v) is 4.08. The Labute approximate surface area is 170 Å². The van der Waals surface area contributed by atoms with Gasteiger partial charge in [-0.05, 0) is 32.0 Å². The second kappa shape index (κ2) is 9.36. The highest BCUT2D eigenvalue weighted by Gasteiger charge is 2.45. The smallest absolute Gasteiger partial charge is 0.337 e. The summed E-state index contributed by atoms with van der Waals surface area (Å²) in [6.07, 6.45) is -0.398. The van der Waals surface area contributed by atoms with E-state index in [9.17, 15) is 15.0 Å². The van der Waals surface area contributed by atoms with Gasteiger partial charge in [-0.15, -0.1) is 0 Å². The maximum absolute atomic E-state index is 11.4. The third kappa shape index (κ3) is 6.64. The Morgan fingerprint density at radius 1 is 1.25 bits per heavy atom. The van der Waals surface area contributed by atoms with Crippen molar-refractivity contribution < 1.29 is 33.6 Å². The quantitative estimate of drug-likeness (QED) is 0.355. The molecular formula is C20H38O7Si. The number of aliphatic hydroxyl groups excluding tert-OH is 2. The Morgan fingerprint density at radius 2 is 1.82 bits per heavy atom. The molecular weight excluding hydrogens is 380 g/mol. The third-order valence-electron chi connectivity index (χ3n) is 5.53. The number of aliphatic hydroxyl groups is 2. The molecule has 1 heterocycles. The van der Waals surface area contributed by atoms with Gasteiger partial charge in [0.15, 0.2) is 20.2 Å². The Balaban J connectivity index is 3.01. The molecule has 0 radical (unpaired) electrons. The fourth-order valence-electron chi connectivity index (χ4n) is 2.68. The van der Waals surface area contributed by atoms with Gasteiger partial charge < -0.3 is 28.8 Å². The summed E-state index contributed by atoms with van der Waals surface area (Å²) in [5.74, 6) is -1.70. The van der Waals surface area contributed by atoms with Crippen LogP contribution in [0.4, 0.5) is 0 Å². The number of hydrogen-bond donors (Lipinski definition) is 2. The molecule has 28 heavy (non-hydrogen) atoms. The number of rotatable bonds is 8. The average Bonchev–Trinajstić information content (AvgIpc) is 2.94. The Kier molecular flexibility index (Phi) is 8.45. The average molecular weight is 419 g/mol. The van der Waals surface area contributed by atoms with Crippen molar-refractivity contribution >= 4 is 14.3 Å². The van der Waals surface area contributed by atoms with Crippen LogP contribution in [0, 0.1) is 5.92 Å². The maximum atomic E-state index is 11.4. The van der Waals surface area contributed by atoms with Crippen LogP contribution in [0.25, 0.3) is 0 Å². The van der Waals surface area contributed by atoms with Gasteiger partial charge in [0.05, 0.1) is 19.8 Å². The van der Waals surface area contributed by atoms with Crippen molar-refractivity contribution in [1.29, 1.82) is 0 Å². The van der Waals surface area contributed by atoms with E-state index in [1.54, 1.807) is 6.08 Å². The molecule has 0 aliphatic carbocycles. The van der Waals surface area contributed by atoms with Gasteiger partial charge in [0, 0.05) is 5.92 Å². The number of carbonyl (C=O) groups is 1. The highest BCUT2D eigenvalue weighted by molar-refractivity contribution is 6.74. The lowest BCUT2D eigenvalue weighted by atomic mass is 9.98. The molecule has 1 rings (SSSR count). The van der Waals surface area contributed by atoms with Crippen molar-refractivity contribution in [3.05, 3.63) is 12.2 Å². The molecule has 0 unspecified atom stereocenters. The lowest BCUT2D eigenvalue weighted by Gasteiger charge is -2.42. The lowest BCUT2D eigenvalue weighted by molar-refractivity contribution is -0.155. The summed E-state index contributed by atoms with van der Waals surface area (Å²) in [6, 6.07) is 0. The summed E-state index contributed by atoms with van der Waals surface area (Å²) < 4.78 is 22.9. The molecule has 2 N–H and O–H groups in total. The highest BCUT2D eigenvalue weighted by atomic mass is 28.4. The van der Waals surface area contributed by atoms with Crippen molar-refractivity contribution in [2.24, 2.45) is 5.92 Å². The second-order valence-electron chi connectivity index (χ2n) is 9.41. The minimum atomic E-state index is -2.10. The zero-order valence-electron chi connectivity index (χ0n) is 18.7. The predicted molar refractivity (Wildman–Crippen MR) is 109 cm³/mol. The predicted octanol–water partition coefficient (Wildman–Crippen LogP) is 2.62. The molecule has 1 aliphatic rings. The minimum Gasteiger partial charge on any atom is -0.467 e. The SMILES string of the molecule is COC(=O)[C@H](O)[C@@H](O)C=C[C@@H](C)[C@@H](O[Si](C)(C)C(C)(C)C)[C@H]1COC(C)(C)O1. The van der Waals surface area contributed by atoms with Crippen LogP contribution < -0.4 is 0 Å². The van der Waals surface area contributed by atoms with Crippen LogP contribution in [-0.2, 0) is 23.4 Å². The first kappa shape index (κ1) is 25.3. The summed E-state index contributed by atoms with van der Waals surface area (Å²) in [5, 5.41) is 19.8. The van der Waals surface area contributed by atoms with E-state index in [1.807, 2.05) is 20.8 Å².